The first kappa shape index (κ1) is 16.0. The van der Waals surface area contributed by atoms with Crippen molar-refractivity contribution < 1.29 is 23.9 Å². The molecule has 2 aliphatic rings. The van der Waals surface area contributed by atoms with Crippen LogP contribution in [0.15, 0.2) is 30.3 Å². The van der Waals surface area contributed by atoms with Crippen LogP contribution in [0.5, 0.6) is 0 Å². The Morgan fingerprint density at radius 3 is 2.78 bits per heavy atom. The van der Waals surface area contributed by atoms with Gasteiger partial charge in [0, 0.05) is 19.0 Å². The third-order valence-corrected chi connectivity index (χ3v) is 4.48. The number of esters is 1. The van der Waals surface area contributed by atoms with Crippen LogP contribution in [0.25, 0.3) is 0 Å². The average molecular weight is 315 g/mol. The van der Waals surface area contributed by atoms with Crippen LogP contribution >= 0.6 is 0 Å². The summed E-state index contributed by atoms with van der Waals surface area (Å²) in [6.45, 7) is 1.95. The smallest absolute Gasteiger partial charge is 0.309 e. The number of hydroxylamine groups is 2. The van der Waals surface area contributed by atoms with Gasteiger partial charge in [0.2, 0.25) is 0 Å². The Labute approximate surface area is 136 Å². The van der Waals surface area contributed by atoms with Gasteiger partial charge >= 0.3 is 5.97 Å². The molecule has 2 heterocycles. The van der Waals surface area contributed by atoms with Gasteiger partial charge in [-0.25, -0.2) is 5.06 Å². The van der Waals surface area contributed by atoms with E-state index in [2.05, 4.69) is 0 Å². The molecule has 2 saturated heterocycles. The van der Waals surface area contributed by atoms with Crippen molar-refractivity contribution in [1.82, 2.24) is 5.06 Å². The number of amides is 1. The fourth-order valence-electron chi connectivity index (χ4n) is 3.14. The minimum atomic E-state index is -1.31. The van der Waals surface area contributed by atoms with E-state index < -0.39 is 29.6 Å². The van der Waals surface area contributed by atoms with Crippen LogP contribution in [-0.4, -0.2) is 49.5 Å². The Kier molecular flexibility index (Phi) is 4.16. The van der Waals surface area contributed by atoms with Crippen molar-refractivity contribution >= 4 is 19.7 Å². The summed E-state index contributed by atoms with van der Waals surface area (Å²) in [5.74, 6) is -1.24. The molecule has 0 aromatic heterocycles. The van der Waals surface area contributed by atoms with Gasteiger partial charge in [-0.15, -0.1) is 0 Å². The van der Waals surface area contributed by atoms with Gasteiger partial charge in [-0.2, -0.15) is 0 Å². The van der Waals surface area contributed by atoms with Crippen molar-refractivity contribution in [3.8, 4) is 0 Å². The lowest BCUT2D eigenvalue weighted by Gasteiger charge is -2.39. The molecule has 3 rings (SSSR count). The number of nitrogens with zero attached hydrogens (tertiary/aromatic N) is 1. The number of rotatable bonds is 4. The van der Waals surface area contributed by atoms with E-state index in [1.54, 1.807) is 6.92 Å². The molecule has 2 bridgehead atoms. The van der Waals surface area contributed by atoms with Gasteiger partial charge in [0.1, 0.15) is 20.6 Å². The maximum Gasteiger partial charge on any atom is 0.309 e. The molecule has 1 aromatic carbocycles. The highest BCUT2D eigenvalue weighted by molar-refractivity contribution is 6.12. The molecule has 6 nitrogen and oxygen atoms in total. The van der Waals surface area contributed by atoms with Crippen molar-refractivity contribution in [2.24, 2.45) is 5.92 Å². The molecule has 7 heteroatoms. The molecule has 2 fully saturated rings. The third kappa shape index (κ3) is 2.75. The first-order valence-electron chi connectivity index (χ1n) is 7.52. The standard InChI is InChI=1S/C16H18BNO5/c1-10-13-14(17)22-16(10,15(20)18(2)23-13)8-12(19)21-9-11-6-4-3-5-7-11/h3-7,10,13-14H,8-9H2,1-2H3/t10?,13-,14+,16+/m0/s1. The molecule has 2 radical (unpaired) electrons. The van der Waals surface area contributed by atoms with E-state index in [4.69, 9.17) is 22.2 Å². The summed E-state index contributed by atoms with van der Waals surface area (Å²) in [7, 11) is 7.38. The quantitative estimate of drug-likeness (QED) is 0.607. The van der Waals surface area contributed by atoms with Crippen LogP contribution in [0.4, 0.5) is 0 Å². The molecule has 1 amide bonds. The number of carbonyl (C=O) groups is 2. The molecular weight excluding hydrogens is 297 g/mol. The topological polar surface area (TPSA) is 65.1 Å². The van der Waals surface area contributed by atoms with E-state index in [0.29, 0.717) is 0 Å². The van der Waals surface area contributed by atoms with Gasteiger partial charge in [-0.05, 0) is 5.56 Å². The number of hydrogen-bond donors (Lipinski definition) is 0. The molecule has 0 aliphatic carbocycles. The first-order valence-corrected chi connectivity index (χ1v) is 7.52. The van der Waals surface area contributed by atoms with Crippen LogP contribution < -0.4 is 0 Å². The van der Waals surface area contributed by atoms with E-state index in [9.17, 15) is 9.59 Å². The van der Waals surface area contributed by atoms with Gasteiger partial charge in [0.05, 0.1) is 6.42 Å². The maximum absolute atomic E-state index is 12.5. The first-order chi connectivity index (χ1) is 10.9. The van der Waals surface area contributed by atoms with Crippen molar-refractivity contribution in [3.05, 3.63) is 35.9 Å². The molecule has 4 atom stereocenters. The van der Waals surface area contributed by atoms with E-state index >= 15 is 0 Å². The monoisotopic (exact) mass is 315 g/mol. The lowest BCUT2D eigenvalue weighted by atomic mass is 9.79. The SMILES string of the molecule is [B][C@@H]1O[C@@]2(CC(=O)OCc3ccccc3)C(=O)N(C)O[C@H]1C2C. The van der Waals surface area contributed by atoms with Crippen LogP contribution in [0.2, 0.25) is 0 Å². The Morgan fingerprint density at radius 1 is 1.39 bits per heavy atom. The minimum Gasteiger partial charge on any atom is -0.461 e. The molecule has 0 spiro atoms. The number of fused-ring (bicyclic) bond motifs is 2. The zero-order chi connectivity index (χ0) is 16.6. The van der Waals surface area contributed by atoms with Crippen molar-refractivity contribution in [2.45, 2.75) is 37.7 Å². The zero-order valence-corrected chi connectivity index (χ0v) is 13.1. The van der Waals surface area contributed by atoms with Gasteiger partial charge in [-0.1, -0.05) is 37.3 Å². The summed E-state index contributed by atoms with van der Waals surface area (Å²) >= 11 is 0. The minimum absolute atomic E-state index is 0.153. The van der Waals surface area contributed by atoms with Crippen molar-refractivity contribution in [3.63, 3.8) is 0 Å². The number of carbonyl (C=O) groups excluding carboxylic acids is 2. The van der Waals surface area contributed by atoms with E-state index in [-0.39, 0.29) is 18.9 Å². The summed E-state index contributed by atoms with van der Waals surface area (Å²) in [5, 5.41) is 1.10. The number of hydrogen-bond acceptors (Lipinski definition) is 5. The van der Waals surface area contributed by atoms with E-state index in [0.717, 1.165) is 10.6 Å². The Bertz CT molecular complexity index is 610. The molecule has 23 heavy (non-hydrogen) atoms. The lowest BCUT2D eigenvalue weighted by Crippen LogP contribution is -2.57. The normalized spacial score (nSPS) is 32.9. The van der Waals surface area contributed by atoms with Crippen molar-refractivity contribution in [2.75, 3.05) is 7.05 Å². The highest BCUT2D eigenvalue weighted by Gasteiger charge is 2.62. The lowest BCUT2D eigenvalue weighted by molar-refractivity contribution is -0.229. The molecule has 1 unspecified atom stereocenters. The summed E-state index contributed by atoms with van der Waals surface area (Å²) in [6.07, 6.45) is -0.641. The fourth-order valence-corrected chi connectivity index (χ4v) is 3.14. The van der Waals surface area contributed by atoms with Crippen LogP contribution in [-0.2, 0) is 30.5 Å². The van der Waals surface area contributed by atoms with Crippen LogP contribution in [0, 0.1) is 5.92 Å². The molecule has 2 aliphatic heterocycles. The summed E-state index contributed by atoms with van der Waals surface area (Å²) < 4.78 is 10.9. The Hall–Kier alpha value is -1.86. The second-order valence-electron chi connectivity index (χ2n) is 5.96. The second kappa shape index (κ2) is 5.98. The zero-order valence-electron chi connectivity index (χ0n) is 13.1. The Balaban J connectivity index is 1.70. The van der Waals surface area contributed by atoms with E-state index in [1.165, 1.54) is 7.05 Å². The summed E-state index contributed by atoms with van der Waals surface area (Å²) in [6, 6.07) is 8.59. The van der Waals surface area contributed by atoms with Gasteiger partial charge in [-0.3, -0.25) is 14.4 Å². The van der Waals surface area contributed by atoms with E-state index in [1.807, 2.05) is 30.3 Å². The number of likely N-dealkylation sites (N-methyl/N-ethyl adjacent to an activating group) is 1. The maximum atomic E-state index is 12.5. The van der Waals surface area contributed by atoms with Gasteiger partial charge in [0.15, 0.2) is 5.60 Å². The molecule has 0 saturated carbocycles. The summed E-state index contributed by atoms with van der Waals surface area (Å²) in [5.41, 5.74) is -0.436. The highest BCUT2D eigenvalue weighted by atomic mass is 16.7. The van der Waals surface area contributed by atoms with Gasteiger partial charge < -0.3 is 9.47 Å². The van der Waals surface area contributed by atoms with Crippen LogP contribution in [0.3, 0.4) is 0 Å². The third-order valence-electron chi connectivity index (χ3n) is 4.48. The number of benzene rings is 1. The predicted molar refractivity (Wildman–Crippen MR) is 81.0 cm³/mol. The fraction of sp³-hybridized carbons (Fsp3) is 0.500. The number of ether oxygens (including phenoxy) is 2. The second-order valence-corrected chi connectivity index (χ2v) is 5.96. The molecular formula is C16H18BNO5. The van der Waals surface area contributed by atoms with Gasteiger partial charge in [0.25, 0.3) is 5.91 Å². The largest absolute Gasteiger partial charge is 0.461 e. The summed E-state index contributed by atoms with van der Waals surface area (Å²) in [4.78, 5) is 30.1. The average Bonchev–Trinajstić information content (AvgIpc) is 2.72. The Morgan fingerprint density at radius 2 is 2.09 bits per heavy atom. The predicted octanol–water partition coefficient (Wildman–Crippen LogP) is 0.792. The van der Waals surface area contributed by atoms with Crippen molar-refractivity contribution in [1.29, 1.82) is 0 Å². The molecule has 0 N–H and O–H groups in total. The molecule has 120 valence electrons. The van der Waals surface area contributed by atoms with Crippen LogP contribution in [0.1, 0.15) is 18.9 Å². The molecule has 1 aromatic rings. The highest BCUT2D eigenvalue weighted by Crippen LogP contribution is 2.44.